The minimum absolute atomic E-state index is 0.142. The zero-order valence-electron chi connectivity index (χ0n) is 13.5. The number of rotatable bonds is 6. The Kier molecular flexibility index (Phi) is 4.55. The van der Waals surface area contributed by atoms with E-state index in [0.29, 0.717) is 12.6 Å². The fourth-order valence-electron chi connectivity index (χ4n) is 5.51. The number of amides is 1. The summed E-state index contributed by atoms with van der Waals surface area (Å²) in [5, 5.41) is 0. The zero-order valence-corrected chi connectivity index (χ0v) is 13.5. The fraction of sp³-hybridized carbons (Fsp3) is 0.941. The second kappa shape index (κ2) is 6.25. The SMILES string of the molecule is COCCCC(N)C(=O)N(C)C1C2CC3CC(C2)CC1C3. The van der Waals surface area contributed by atoms with Crippen LogP contribution in [0.1, 0.15) is 44.9 Å². The highest BCUT2D eigenvalue weighted by atomic mass is 16.5. The first-order valence-electron chi connectivity index (χ1n) is 8.61. The van der Waals surface area contributed by atoms with Crippen LogP contribution in [0.3, 0.4) is 0 Å². The van der Waals surface area contributed by atoms with Crippen LogP contribution in [-0.4, -0.2) is 43.7 Å². The maximum atomic E-state index is 12.6. The van der Waals surface area contributed by atoms with E-state index in [9.17, 15) is 4.79 Å². The minimum atomic E-state index is -0.359. The van der Waals surface area contributed by atoms with E-state index in [-0.39, 0.29) is 11.9 Å². The van der Waals surface area contributed by atoms with Gasteiger partial charge in [-0.25, -0.2) is 0 Å². The van der Waals surface area contributed by atoms with Gasteiger partial charge in [0.1, 0.15) is 0 Å². The highest BCUT2D eigenvalue weighted by molar-refractivity contribution is 5.81. The number of hydrogen-bond donors (Lipinski definition) is 1. The van der Waals surface area contributed by atoms with Crippen molar-refractivity contribution in [3.05, 3.63) is 0 Å². The van der Waals surface area contributed by atoms with Gasteiger partial charge in [0.2, 0.25) is 5.91 Å². The Morgan fingerprint density at radius 2 is 1.76 bits per heavy atom. The molecular weight excluding hydrogens is 264 g/mol. The molecule has 0 aromatic carbocycles. The maximum Gasteiger partial charge on any atom is 0.239 e. The second-order valence-electron chi connectivity index (χ2n) is 7.61. The van der Waals surface area contributed by atoms with Crippen molar-refractivity contribution in [3.63, 3.8) is 0 Å². The number of carbonyl (C=O) groups excluding carboxylic acids is 1. The van der Waals surface area contributed by atoms with Crippen LogP contribution in [0.15, 0.2) is 0 Å². The Morgan fingerprint density at radius 3 is 2.29 bits per heavy atom. The van der Waals surface area contributed by atoms with Gasteiger partial charge in [0.05, 0.1) is 6.04 Å². The third kappa shape index (κ3) is 2.98. The number of nitrogens with two attached hydrogens (primary N) is 1. The molecule has 0 radical (unpaired) electrons. The first kappa shape index (κ1) is 15.3. The summed E-state index contributed by atoms with van der Waals surface area (Å²) in [7, 11) is 3.68. The molecule has 0 aromatic heterocycles. The minimum Gasteiger partial charge on any atom is -0.385 e. The summed E-state index contributed by atoms with van der Waals surface area (Å²) in [5.41, 5.74) is 6.11. The quantitative estimate of drug-likeness (QED) is 0.763. The largest absolute Gasteiger partial charge is 0.385 e. The molecule has 0 heterocycles. The number of ether oxygens (including phenoxy) is 1. The van der Waals surface area contributed by atoms with Gasteiger partial charge in [-0.3, -0.25) is 4.79 Å². The topological polar surface area (TPSA) is 55.6 Å². The number of methoxy groups -OCH3 is 1. The fourth-order valence-corrected chi connectivity index (χ4v) is 5.51. The molecule has 4 aliphatic rings. The van der Waals surface area contributed by atoms with Crippen molar-refractivity contribution in [2.75, 3.05) is 20.8 Å². The molecular formula is C17H30N2O2. The van der Waals surface area contributed by atoms with Crippen molar-refractivity contribution < 1.29 is 9.53 Å². The van der Waals surface area contributed by atoms with Crippen molar-refractivity contribution in [1.29, 1.82) is 0 Å². The molecule has 0 aliphatic heterocycles. The molecule has 4 fully saturated rings. The molecule has 1 atom stereocenters. The number of hydrogen-bond acceptors (Lipinski definition) is 3. The van der Waals surface area contributed by atoms with E-state index in [1.165, 1.54) is 32.1 Å². The van der Waals surface area contributed by atoms with Gasteiger partial charge in [-0.05, 0) is 68.6 Å². The van der Waals surface area contributed by atoms with Gasteiger partial charge in [-0.15, -0.1) is 0 Å². The van der Waals surface area contributed by atoms with Crippen LogP contribution < -0.4 is 5.73 Å². The maximum absolute atomic E-state index is 12.6. The molecule has 4 heteroatoms. The van der Waals surface area contributed by atoms with E-state index in [4.69, 9.17) is 10.5 Å². The van der Waals surface area contributed by atoms with Crippen molar-refractivity contribution in [2.24, 2.45) is 29.4 Å². The van der Waals surface area contributed by atoms with E-state index in [0.717, 1.165) is 36.5 Å². The van der Waals surface area contributed by atoms with Crippen molar-refractivity contribution in [3.8, 4) is 0 Å². The summed E-state index contributed by atoms with van der Waals surface area (Å²) in [5.74, 6) is 3.51. The average molecular weight is 294 g/mol. The number of carbonyl (C=O) groups is 1. The van der Waals surface area contributed by atoms with Crippen LogP contribution in [0.4, 0.5) is 0 Å². The normalized spacial score (nSPS) is 38.5. The lowest BCUT2D eigenvalue weighted by atomic mass is 9.54. The summed E-state index contributed by atoms with van der Waals surface area (Å²) in [6.45, 7) is 0.683. The first-order chi connectivity index (χ1) is 10.1. The lowest BCUT2D eigenvalue weighted by Crippen LogP contribution is -2.58. The standard InChI is InChI=1S/C17H30N2O2/c1-19(17(20)15(18)4-3-5-21-2)16-13-7-11-6-12(9-13)10-14(16)8-11/h11-16H,3-10,18H2,1-2H3. The van der Waals surface area contributed by atoms with Gasteiger partial charge in [0.15, 0.2) is 0 Å². The molecule has 21 heavy (non-hydrogen) atoms. The van der Waals surface area contributed by atoms with E-state index in [2.05, 4.69) is 0 Å². The molecule has 0 saturated heterocycles. The lowest BCUT2D eigenvalue weighted by molar-refractivity contribution is -0.142. The monoisotopic (exact) mass is 294 g/mol. The highest BCUT2D eigenvalue weighted by Crippen LogP contribution is 2.54. The van der Waals surface area contributed by atoms with Crippen LogP contribution >= 0.6 is 0 Å². The highest BCUT2D eigenvalue weighted by Gasteiger charge is 2.50. The van der Waals surface area contributed by atoms with Crippen LogP contribution in [-0.2, 0) is 9.53 Å². The van der Waals surface area contributed by atoms with Gasteiger partial charge in [-0.1, -0.05) is 0 Å². The number of likely N-dealkylation sites (N-methyl/N-ethyl adjacent to an activating group) is 1. The third-order valence-corrected chi connectivity index (χ3v) is 6.15. The molecule has 4 aliphatic carbocycles. The molecule has 0 spiro atoms. The Hall–Kier alpha value is -0.610. The van der Waals surface area contributed by atoms with Crippen LogP contribution in [0.25, 0.3) is 0 Å². The zero-order chi connectivity index (χ0) is 15.0. The molecule has 0 aromatic rings. The summed E-state index contributed by atoms with van der Waals surface area (Å²) < 4.78 is 5.05. The molecule has 1 amide bonds. The van der Waals surface area contributed by atoms with Gasteiger partial charge in [0.25, 0.3) is 0 Å². The number of nitrogens with zero attached hydrogens (tertiary/aromatic N) is 1. The van der Waals surface area contributed by atoms with E-state index in [1.54, 1.807) is 7.11 Å². The third-order valence-electron chi connectivity index (χ3n) is 6.15. The Labute approximate surface area is 128 Å². The lowest BCUT2D eigenvalue weighted by Gasteiger charge is -2.56. The molecule has 1 unspecified atom stereocenters. The first-order valence-corrected chi connectivity index (χ1v) is 8.61. The summed E-state index contributed by atoms with van der Waals surface area (Å²) >= 11 is 0. The van der Waals surface area contributed by atoms with Gasteiger partial charge < -0.3 is 15.4 Å². The van der Waals surface area contributed by atoms with Crippen LogP contribution in [0.2, 0.25) is 0 Å². The molecule has 4 saturated carbocycles. The summed E-state index contributed by atoms with van der Waals surface area (Å²) in [4.78, 5) is 14.6. The van der Waals surface area contributed by atoms with Crippen LogP contribution in [0.5, 0.6) is 0 Å². The molecule has 4 bridgehead atoms. The van der Waals surface area contributed by atoms with Crippen molar-refractivity contribution in [1.82, 2.24) is 4.90 Å². The van der Waals surface area contributed by atoms with E-state index in [1.807, 2.05) is 11.9 Å². The van der Waals surface area contributed by atoms with E-state index < -0.39 is 0 Å². The van der Waals surface area contributed by atoms with Gasteiger partial charge in [0, 0.05) is 26.8 Å². The summed E-state index contributed by atoms with van der Waals surface area (Å²) in [6, 6.07) is 0.0983. The predicted molar refractivity (Wildman–Crippen MR) is 82.7 cm³/mol. The average Bonchev–Trinajstić information content (AvgIpc) is 2.45. The van der Waals surface area contributed by atoms with Crippen LogP contribution in [0, 0.1) is 23.7 Å². The van der Waals surface area contributed by atoms with Crippen molar-refractivity contribution >= 4 is 5.91 Å². The van der Waals surface area contributed by atoms with E-state index >= 15 is 0 Å². The van der Waals surface area contributed by atoms with Crippen molar-refractivity contribution in [2.45, 2.75) is 57.0 Å². The molecule has 4 rings (SSSR count). The molecule has 2 N–H and O–H groups in total. The van der Waals surface area contributed by atoms with Gasteiger partial charge >= 0.3 is 0 Å². The Morgan fingerprint density at radius 1 is 1.19 bits per heavy atom. The molecule has 4 nitrogen and oxygen atoms in total. The second-order valence-corrected chi connectivity index (χ2v) is 7.61. The predicted octanol–water partition coefficient (Wildman–Crippen LogP) is 2.02. The summed E-state index contributed by atoms with van der Waals surface area (Å²) in [6.07, 6.45) is 8.40. The molecule has 120 valence electrons. The smallest absolute Gasteiger partial charge is 0.239 e. The Bertz CT molecular complexity index is 357. The van der Waals surface area contributed by atoms with Gasteiger partial charge in [-0.2, -0.15) is 0 Å². The Balaban J connectivity index is 1.59.